The molecule has 3 N–H and O–H groups in total. The Hall–Kier alpha value is -2.82. The lowest BCUT2D eigenvalue weighted by Gasteiger charge is -2.05. The van der Waals surface area contributed by atoms with Gasteiger partial charge in [-0.05, 0) is 48.5 Å². The van der Waals surface area contributed by atoms with Crippen molar-refractivity contribution in [3.05, 3.63) is 74.9 Å². The molecule has 0 aliphatic carbocycles. The third-order valence-corrected chi connectivity index (χ3v) is 5.33. The van der Waals surface area contributed by atoms with Gasteiger partial charge in [0, 0.05) is 15.7 Å². The second kappa shape index (κ2) is 7.60. The summed E-state index contributed by atoms with van der Waals surface area (Å²) in [5, 5.41) is 3.71. The third-order valence-electron chi connectivity index (χ3n) is 3.69. The number of carbonyl (C=O) groups excluding carboxylic acids is 1. The fraction of sp³-hybridized carbons (Fsp3) is 0.0526. The van der Waals surface area contributed by atoms with Crippen LogP contribution in [0.3, 0.4) is 0 Å². The van der Waals surface area contributed by atoms with Gasteiger partial charge in [-0.1, -0.05) is 15.9 Å². The monoisotopic (exact) mass is 427 g/mol. The predicted octanol–water partition coefficient (Wildman–Crippen LogP) is 5.63. The maximum Gasteiger partial charge on any atom is 0.243 e. The lowest BCUT2D eigenvalue weighted by atomic mass is 10.1. The molecule has 1 heterocycles. The molecule has 0 bridgehead atoms. The largest absolute Gasteiger partial charge is 0.497 e. The van der Waals surface area contributed by atoms with Gasteiger partial charge in [-0.2, -0.15) is 0 Å². The van der Waals surface area contributed by atoms with Crippen LogP contribution in [0.15, 0.2) is 53.0 Å². The van der Waals surface area contributed by atoms with Crippen molar-refractivity contribution in [2.24, 2.45) is 0 Å². The number of hydrogen-bond donors (Lipinski definition) is 2. The molecule has 0 saturated heterocycles. The molecule has 7 heteroatoms. The Morgan fingerprint density at radius 1 is 1.19 bits per heavy atom. The summed E-state index contributed by atoms with van der Waals surface area (Å²) in [7, 11) is 1.60. The summed E-state index contributed by atoms with van der Waals surface area (Å²) in [5.41, 5.74) is 7.85. The minimum Gasteiger partial charge on any atom is -0.497 e. The third kappa shape index (κ3) is 3.57. The molecule has 2 aromatic carbocycles. The van der Waals surface area contributed by atoms with Gasteiger partial charge in [-0.3, -0.25) is 4.79 Å². The Kier molecular flexibility index (Phi) is 5.26. The first kappa shape index (κ1) is 18.0. The summed E-state index contributed by atoms with van der Waals surface area (Å²) < 4.78 is 6.02. The first-order valence-electron chi connectivity index (χ1n) is 7.54. The van der Waals surface area contributed by atoms with E-state index in [9.17, 15) is 4.79 Å². The highest BCUT2D eigenvalue weighted by Gasteiger charge is 2.22. The molecule has 0 radical (unpaired) electrons. The number of carbonyl (C=O) groups is 1. The lowest BCUT2D eigenvalue weighted by Crippen LogP contribution is -2.01. The van der Waals surface area contributed by atoms with E-state index in [1.807, 2.05) is 24.3 Å². The quantitative estimate of drug-likeness (QED) is 0.409. The van der Waals surface area contributed by atoms with E-state index in [1.165, 1.54) is 11.3 Å². The smallest absolute Gasteiger partial charge is 0.243 e. The van der Waals surface area contributed by atoms with E-state index in [4.69, 9.17) is 17.0 Å². The number of nitrogens with one attached hydrogen (secondary N) is 1. The van der Waals surface area contributed by atoms with Crippen LogP contribution in [0.1, 0.15) is 15.2 Å². The average molecular weight is 428 g/mol. The zero-order valence-corrected chi connectivity index (χ0v) is 16.1. The van der Waals surface area contributed by atoms with Gasteiger partial charge in [0.2, 0.25) is 11.5 Å². The van der Waals surface area contributed by atoms with Crippen molar-refractivity contribution in [1.29, 1.82) is 0 Å². The highest BCUT2D eigenvalue weighted by molar-refractivity contribution is 9.10. The van der Waals surface area contributed by atoms with Crippen molar-refractivity contribution < 1.29 is 9.53 Å². The Balaban J connectivity index is 1.94. The number of hydrogen-bond acceptors (Lipinski definition) is 5. The number of ketones is 1. The number of benzene rings is 2. The molecule has 0 amide bonds. The Morgan fingerprint density at radius 2 is 1.85 bits per heavy atom. The molecule has 0 aliphatic rings. The highest BCUT2D eigenvalue weighted by atomic mass is 79.9. The van der Waals surface area contributed by atoms with Crippen molar-refractivity contribution in [2.75, 3.05) is 18.2 Å². The van der Waals surface area contributed by atoms with E-state index in [-0.39, 0.29) is 17.2 Å². The second-order valence-corrected chi connectivity index (χ2v) is 7.26. The van der Waals surface area contributed by atoms with Crippen LogP contribution in [0.2, 0.25) is 0 Å². The van der Waals surface area contributed by atoms with Gasteiger partial charge in [0.15, 0.2) is 0 Å². The predicted molar refractivity (Wildman–Crippen MR) is 109 cm³/mol. The first-order chi connectivity index (χ1) is 12.5. The van der Waals surface area contributed by atoms with Crippen LogP contribution < -0.4 is 15.8 Å². The minimum atomic E-state index is -0.201. The fourth-order valence-electron chi connectivity index (χ4n) is 2.34. The van der Waals surface area contributed by atoms with Crippen LogP contribution in [-0.4, -0.2) is 12.9 Å². The number of nitrogens with two attached hydrogens (primary N) is 1. The van der Waals surface area contributed by atoms with Gasteiger partial charge in [-0.15, -0.1) is 11.3 Å². The summed E-state index contributed by atoms with van der Waals surface area (Å²) in [5.74, 6) is 0.533. The Labute approximate surface area is 163 Å². The normalized spacial score (nSPS) is 10.2. The summed E-state index contributed by atoms with van der Waals surface area (Å²) in [4.78, 5) is 16.6. The van der Waals surface area contributed by atoms with Gasteiger partial charge in [-0.25, -0.2) is 4.85 Å². The van der Waals surface area contributed by atoms with Crippen molar-refractivity contribution in [2.45, 2.75) is 0 Å². The van der Waals surface area contributed by atoms with Crippen LogP contribution in [0, 0.1) is 6.57 Å². The van der Waals surface area contributed by atoms with Crippen LogP contribution in [0.4, 0.5) is 22.1 Å². The summed E-state index contributed by atoms with van der Waals surface area (Å²) in [6, 6.07) is 14.3. The number of nitrogen functional groups attached to an aromatic ring is 1. The van der Waals surface area contributed by atoms with Gasteiger partial charge >= 0.3 is 0 Å². The molecule has 1 aromatic heterocycles. The zero-order chi connectivity index (χ0) is 18.7. The molecular weight excluding hydrogens is 414 g/mol. The van der Waals surface area contributed by atoms with E-state index >= 15 is 0 Å². The Morgan fingerprint density at radius 3 is 2.42 bits per heavy atom. The number of nitrogens with zero attached hydrogens (tertiary/aromatic N) is 1. The number of ether oxygens (including phenoxy) is 1. The van der Waals surface area contributed by atoms with Crippen LogP contribution in [0.25, 0.3) is 4.85 Å². The SMILES string of the molecule is [C-]#[N+]c1c(Nc2ccc(OC)cc2)sc(C(=O)c2ccc(Br)cc2)c1N. The fourth-order valence-corrected chi connectivity index (χ4v) is 3.64. The molecule has 0 unspecified atom stereocenters. The average Bonchev–Trinajstić information content (AvgIpc) is 2.97. The molecule has 130 valence electrons. The van der Waals surface area contributed by atoms with E-state index in [0.29, 0.717) is 15.4 Å². The molecule has 5 nitrogen and oxygen atoms in total. The first-order valence-corrected chi connectivity index (χ1v) is 9.15. The molecule has 0 atom stereocenters. The van der Waals surface area contributed by atoms with Crippen molar-refractivity contribution in [3.8, 4) is 5.75 Å². The zero-order valence-electron chi connectivity index (χ0n) is 13.7. The second-order valence-electron chi connectivity index (χ2n) is 5.32. The molecule has 0 saturated carbocycles. The van der Waals surface area contributed by atoms with E-state index in [1.54, 1.807) is 31.4 Å². The summed E-state index contributed by atoms with van der Waals surface area (Å²) >= 11 is 4.53. The number of rotatable bonds is 5. The van der Waals surface area contributed by atoms with E-state index in [0.717, 1.165) is 15.9 Å². The molecule has 0 aliphatic heterocycles. The topological polar surface area (TPSA) is 68.7 Å². The number of halogens is 1. The number of thiophene rings is 1. The Bertz CT molecular complexity index is 989. The van der Waals surface area contributed by atoms with Crippen LogP contribution in [-0.2, 0) is 0 Å². The maximum absolute atomic E-state index is 12.8. The maximum atomic E-state index is 12.8. The lowest BCUT2D eigenvalue weighted by molar-refractivity contribution is 0.104. The summed E-state index contributed by atoms with van der Waals surface area (Å²) in [6.07, 6.45) is 0. The van der Waals surface area contributed by atoms with Crippen LogP contribution in [0.5, 0.6) is 5.75 Å². The van der Waals surface area contributed by atoms with E-state index < -0.39 is 0 Å². The molecule has 0 spiro atoms. The molecule has 26 heavy (non-hydrogen) atoms. The number of methoxy groups -OCH3 is 1. The van der Waals surface area contributed by atoms with Crippen LogP contribution >= 0.6 is 27.3 Å². The van der Waals surface area contributed by atoms with Gasteiger partial charge in [0.25, 0.3) is 0 Å². The minimum absolute atomic E-state index is 0.201. The highest BCUT2D eigenvalue weighted by Crippen LogP contribution is 2.45. The van der Waals surface area contributed by atoms with Crippen molar-refractivity contribution in [1.82, 2.24) is 0 Å². The molecular formula is C19H14BrN3O2S. The molecule has 0 fully saturated rings. The van der Waals surface area contributed by atoms with E-state index in [2.05, 4.69) is 26.1 Å². The summed E-state index contributed by atoms with van der Waals surface area (Å²) in [6.45, 7) is 7.42. The number of anilines is 3. The van der Waals surface area contributed by atoms with Crippen molar-refractivity contribution >= 4 is 55.1 Å². The van der Waals surface area contributed by atoms with Gasteiger partial charge < -0.3 is 15.8 Å². The van der Waals surface area contributed by atoms with Crippen molar-refractivity contribution in [3.63, 3.8) is 0 Å². The van der Waals surface area contributed by atoms with Gasteiger partial charge in [0.1, 0.15) is 10.8 Å². The molecule has 3 aromatic rings. The molecule has 3 rings (SSSR count). The van der Waals surface area contributed by atoms with Gasteiger partial charge in [0.05, 0.1) is 24.2 Å². The standard InChI is InChI=1S/C19H14BrN3O2S/c1-22-16-15(21)18(17(24)11-3-5-12(20)6-4-11)26-19(16)23-13-7-9-14(25-2)10-8-13/h3-10,23H,21H2,2H3.